The number of aryl methyl sites for hydroxylation is 1. The molecule has 0 amide bonds. The van der Waals surface area contributed by atoms with Gasteiger partial charge in [-0.15, -0.1) is 0 Å². The van der Waals surface area contributed by atoms with Crippen LogP contribution in [0.15, 0.2) is 65.1 Å². The molecule has 0 spiro atoms. The second-order valence-electron chi connectivity index (χ2n) is 8.77. The van der Waals surface area contributed by atoms with E-state index in [0.29, 0.717) is 30.1 Å². The number of ether oxygens (including phenoxy) is 2. The lowest BCUT2D eigenvalue weighted by Crippen LogP contribution is -2.19. The van der Waals surface area contributed by atoms with E-state index in [2.05, 4.69) is 6.07 Å². The summed E-state index contributed by atoms with van der Waals surface area (Å²) in [6.07, 6.45) is 1.88. The summed E-state index contributed by atoms with van der Waals surface area (Å²) in [7, 11) is 3.99. The van der Waals surface area contributed by atoms with Gasteiger partial charge in [-0.1, -0.05) is 12.1 Å². The van der Waals surface area contributed by atoms with E-state index in [1.54, 1.807) is 48.5 Å². The van der Waals surface area contributed by atoms with E-state index in [9.17, 15) is 9.90 Å². The van der Waals surface area contributed by atoms with Gasteiger partial charge in [0.25, 0.3) is 0 Å². The highest BCUT2D eigenvalue weighted by Gasteiger charge is 2.25. The molecule has 4 aromatic rings. The van der Waals surface area contributed by atoms with E-state index < -0.39 is 0 Å². The number of hydrogen-bond acceptors (Lipinski definition) is 6. The molecule has 0 atom stereocenters. The molecule has 0 saturated heterocycles. The predicted octanol–water partition coefficient (Wildman–Crippen LogP) is 5.30. The number of phenolic OH excluding ortho intramolecular Hbond substituents is 1. The lowest BCUT2D eigenvalue weighted by atomic mass is 9.95. The van der Waals surface area contributed by atoms with Crippen molar-refractivity contribution < 1.29 is 23.8 Å². The van der Waals surface area contributed by atoms with Crippen LogP contribution in [-0.2, 0) is 6.42 Å². The average molecular weight is 458 g/mol. The van der Waals surface area contributed by atoms with Crippen molar-refractivity contribution in [3.8, 4) is 28.4 Å². The predicted molar refractivity (Wildman–Crippen MR) is 131 cm³/mol. The molecule has 0 unspecified atom stereocenters. The Morgan fingerprint density at radius 1 is 1.06 bits per heavy atom. The number of benzene rings is 3. The Labute approximate surface area is 198 Å². The Morgan fingerprint density at radius 2 is 1.82 bits per heavy atom. The van der Waals surface area contributed by atoms with Crippen molar-refractivity contribution >= 4 is 16.8 Å². The van der Waals surface area contributed by atoms with Crippen molar-refractivity contribution in [2.75, 3.05) is 33.9 Å². The molecular weight excluding hydrogens is 430 g/mol. The minimum absolute atomic E-state index is 0.167. The molecule has 5 rings (SSSR count). The summed E-state index contributed by atoms with van der Waals surface area (Å²) in [6, 6.07) is 17.9. The van der Waals surface area contributed by atoms with Crippen molar-refractivity contribution in [3.63, 3.8) is 0 Å². The van der Waals surface area contributed by atoms with Crippen LogP contribution >= 0.6 is 0 Å². The first kappa shape index (κ1) is 22.0. The minimum atomic E-state index is -0.210. The number of nitrogens with zero attached hydrogens (tertiary/aromatic N) is 1. The number of ketones is 1. The topological polar surface area (TPSA) is 72.1 Å². The summed E-state index contributed by atoms with van der Waals surface area (Å²) in [5, 5.41) is 10.6. The fourth-order valence-electron chi connectivity index (χ4n) is 4.20. The van der Waals surface area contributed by atoms with Crippen LogP contribution in [-0.4, -0.2) is 49.6 Å². The fourth-order valence-corrected chi connectivity index (χ4v) is 4.20. The fraction of sp³-hybridized carbons (Fsp3) is 0.250. The lowest BCUT2D eigenvalue weighted by Gasteiger charge is -2.16. The Morgan fingerprint density at radius 3 is 2.56 bits per heavy atom. The van der Waals surface area contributed by atoms with Crippen molar-refractivity contribution in [2.45, 2.75) is 12.8 Å². The highest BCUT2D eigenvalue weighted by Crippen LogP contribution is 2.40. The Kier molecular flexibility index (Phi) is 5.99. The van der Waals surface area contributed by atoms with Gasteiger partial charge in [-0.05, 0) is 80.5 Å². The maximum atomic E-state index is 13.6. The molecule has 34 heavy (non-hydrogen) atoms. The molecule has 1 N–H and O–H groups in total. The third-order valence-electron chi connectivity index (χ3n) is 6.01. The van der Waals surface area contributed by atoms with Gasteiger partial charge in [-0.25, -0.2) is 0 Å². The zero-order chi connectivity index (χ0) is 23.7. The second-order valence-corrected chi connectivity index (χ2v) is 8.77. The molecule has 1 aliphatic heterocycles. The van der Waals surface area contributed by atoms with E-state index in [-0.39, 0.29) is 17.3 Å². The van der Waals surface area contributed by atoms with Crippen molar-refractivity contribution in [1.82, 2.24) is 4.90 Å². The zero-order valence-electron chi connectivity index (χ0n) is 19.3. The maximum Gasteiger partial charge on any atom is 0.228 e. The van der Waals surface area contributed by atoms with Gasteiger partial charge < -0.3 is 23.9 Å². The summed E-state index contributed by atoms with van der Waals surface area (Å²) < 4.78 is 17.7. The Bertz CT molecular complexity index is 1320. The number of carbonyl (C=O) groups is 1. The van der Waals surface area contributed by atoms with Crippen LogP contribution in [0.25, 0.3) is 22.1 Å². The van der Waals surface area contributed by atoms with Crippen LogP contribution < -0.4 is 9.47 Å². The standard InChI is InChI=1S/C28H27NO5/c1-29(2)13-15-32-22-11-7-19(8-12-22)27(31)28-26(18-5-9-21(30)10-6-18)23-16-20-4-3-14-33-24(20)17-25(23)34-28/h5-12,16-17,30H,3-4,13-15H2,1-2H3. The van der Waals surface area contributed by atoms with Gasteiger partial charge in [-0.3, -0.25) is 4.79 Å². The maximum absolute atomic E-state index is 13.6. The number of likely N-dealkylation sites (N-methyl/N-ethyl adjacent to an activating group) is 1. The first-order valence-electron chi connectivity index (χ1n) is 11.4. The number of fused-ring (bicyclic) bond motifs is 2. The molecule has 174 valence electrons. The monoisotopic (exact) mass is 457 g/mol. The Hall–Kier alpha value is -3.77. The molecule has 0 bridgehead atoms. The largest absolute Gasteiger partial charge is 0.508 e. The van der Waals surface area contributed by atoms with Crippen LogP contribution in [0.5, 0.6) is 17.2 Å². The van der Waals surface area contributed by atoms with E-state index in [1.165, 1.54) is 0 Å². The van der Waals surface area contributed by atoms with Crippen molar-refractivity contribution in [3.05, 3.63) is 77.6 Å². The highest BCUT2D eigenvalue weighted by atomic mass is 16.5. The van der Waals surface area contributed by atoms with Gasteiger partial charge in [0.1, 0.15) is 29.4 Å². The SMILES string of the molecule is CN(C)CCOc1ccc(C(=O)c2oc3cc4c(cc3c2-c2ccc(O)cc2)CCCO4)cc1. The quantitative estimate of drug-likeness (QED) is 0.380. The van der Waals surface area contributed by atoms with Gasteiger partial charge in [0.15, 0.2) is 5.76 Å². The van der Waals surface area contributed by atoms with Gasteiger partial charge in [-0.2, -0.15) is 0 Å². The smallest absolute Gasteiger partial charge is 0.228 e. The van der Waals surface area contributed by atoms with Crippen LogP contribution in [0.3, 0.4) is 0 Å². The van der Waals surface area contributed by atoms with Gasteiger partial charge in [0.2, 0.25) is 5.78 Å². The first-order chi connectivity index (χ1) is 16.5. The summed E-state index contributed by atoms with van der Waals surface area (Å²) in [5.74, 6) is 1.75. The molecule has 0 aliphatic carbocycles. The average Bonchev–Trinajstić information content (AvgIpc) is 3.21. The number of aromatic hydroxyl groups is 1. The molecule has 6 heteroatoms. The van der Waals surface area contributed by atoms with Crippen LogP contribution in [0.2, 0.25) is 0 Å². The highest BCUT2D eigenvalue weighted by molar-refractivity contribution is 6.16. The Balaban J connectivity index is 1.54. The van der Waals surface area contributed by atoms with E-state index in [1.807, 2.05) is 25.1 Å². The third kappa shape index (κ3) is 4.37. The van der Waals surface area contributed by atoms with E-state index >= 15 is 0 Å². The molecule has 1 aliphatic rings. The van der Waals surface area contributed by atoms with Crippen molar-refractivity contribution in [2.24, 2.45) is 0 Å². The zero-order valence-corrected chi connectivity index (χ0v) is 19.3. The number of furan rings is 1. The number of phenols is 1. The van der Waals surface area contributed by atoms with E-state index in [4.69, 9.17) is 13.9 Å². The molecule has 2 heterocycles. The summed E-state index contributed by atoms with van der Waals surface area (Å²) >= 11 is 0. The van der Waals surface area contributed by atoms with Crippen LogP contribution in [0.4, 0.5) is 0 Å². The summed E-state index contributed by atoms with van der Waals surface area (Å²) in [6.45, 7) is 2.06. The van der Waals surface area contributed by atoms with Crippen LogP contribution in [0.1, 0.15) is 28.1 Å². The van der Waals surface area contributed by atoms with Gasteiger partial charge in [0.05, 0.1) is 6.61 Å². The summed E-state index contributed by atoms with van der Waals surface area (Å²) in [5.41, 5.74) is 3.76. The molecule has 1 aromatic heterocycles. The number of rotatable bonds is 7. The van der Waals surface area contributed by atoms with Gasteiger partial charge >= 0.3 is 0 Å². The van der Waals surface area contributed by atoms with Crippen LogP contribution in [0, 0.1) is 0 Å². The number of carbonyl (C=O) groups excluding carboxylic acids is 1. The number of hydrogen-bond donors (Lipinski definition) is 1. The molecule has 0 fully saturated rings. The van der Waals surface area contributed by atoms with Crippen molar-refractivity contribution in [1.29, 1.82) is 0 Å². The molecular formula is C28H27NO5. The molecule has 0 saturated carbocycles. The first-order valence-corrected chi connectivity index (χ1v) is 11.4. The second kappa shape index (κ2) is 9.23. The molecule has 6 nitrogen and oxygen atoms in total. The molecule has 0 radical (unpaired) electrons. The lowest BCUT2D eigenvalue weighted by molar-refractivity contribution is 0.101. The van der Waals surface area contributed by atoms with E-state index in [0.717, 1.165) is 47.2 Å². The minimum Gasteiger partial charge on any atom is -0.508 e. The van der Waals surface area contributed by atoms with Gasteiger partial charge in [0, 0.05) is 29.1 Å². The summed E-state index contributed by atoms with van der Waals surface area (Å²) in [4.78, 5) is 15.6. The normalized spacial score (nSPS) is 13.0. The third-order valence-corrected chi connectivity index (χ3v) is 6.01. The molecule has 3 aromatic carbocycles.